The molecule has 0 aliphatic carbocycles. The van der Waals surface area contributed by atoms with Gasteiger partial charge in [-0.3, -0.25) is 14.4 Å². The Morgan fingerprint density at radius 3 is 2.85 bits per heavy atom. The molecule has 2 heterocycles. The molecule has 6 nitrogen and oxygen atoms in total. The Balaban J connectivity index is 2.05. The van der Waals surface area contributed by atoms with E-state index in [1.807, 2.05) is 5.38 Å². The summed E-state index contributed by atoms with van der Waals surface area (Å²) in [6.07, 6.45) is 1.31. The van der Waals surface area contributed by atoms with Crippen molar-refractivity contribution >= 4 is 29.1 Å². The van der Waals surface area contributed by atoms with Crippen molar-refractivity contribution in [3.05, 3.63) is 22.4 Å². The number of thiophene rings is 1. The first-order chi connectivity index (χ1) is 9.50. The summed E-state index contributed by atoms with van der Waals surface area (Å²) >= 11 is 1.33. The van der Waals surface area contributed by atoms with E-state index in [9.17, 15) is 14.4 Å². The number of carbonyl (C=O) groups is 3. The van der Waals surface area contributed by atoms with Gasteiger partial charge < -0.3 is 15.3 Å². The maximum Gasteiger partial charge on any atom is 0.325 e. The van der Waals surface area contributed by atoms with Gasteiger partial charge in [0, 0.05) is 6.54 Å². The summed E-state index contributed by atoms with van der Waals surface area (Å²) < 4.78 is 0. The Morgan fingerprint density at radius 2 is 2.25 bits per heavy atom. The minimum Gasteiger partial charge on any atom is -0.480 e. The first-order valence-corrected chi connectivity index (χ1v) is 7.26. The van der Waals surface area contributed by atoms with E-state index in [1.54, 1.807) is 12.1 Å². The van der Waals surface area contributed by atoms with Gasteiger partial charge in [0.05, 0.1) is 4.88 Å². The van der Waals surface area contributed by atoms with Crippen molar-refractivity contribution in [1.29, 1.82) is 0 Å². The number of carbonyl (C=O) groups excluding carboxylic acids is 2. The second-order valence-corrected chi connectivity index (χ2v) is 5.65. The molecule has 1 unspecified atom stereocenters. The van der Waals surface area contributed by atoms with Crippen LogP contribution in [0.2, 0.25) is 0 Å². The molecule has 1 saturated heterocycles. The monoisotopic (exact) mass is 296 g/mol. The van der Waals surface area contributed by atoms with Gasteiger partial charge in [-0.1, -0.05) is 6.07 Å². The highest BCUT2D eigenvalue weighted by atomic mass is 32.1. The second kappa shape index (κ2) is 6.04. The van der Waals surface area contributed by atoms with Gasteiger partial charge >= 0.3 is 5.97 Å². The van der Waals surface area contributed by atoms with E-state index >= 15 is 0 Å². The zero-order valence-electron chi connectivity index (χ0n) is 11.0. The fraction of sp³-hybridized carbons (Fsp3) is 0.462. The number of rotatable bonds is 4. The summed E-state index contributed by atoms with van der Waals surface area (Å²) in [6, 6.07) is 1.98. The van der Waals surface area contributed by atoms with Crippen LogP contribution in [0, 0.1) is 0 Å². The third kappa shape index (κ3) is 2.98. The van der Waals surface area contributed by atoms with Crippen molar-refractivity contribution in [2.24, 2.45) is 0 Å². The number of carboxylic acid groups (broad SMARTS) is 1. The number of nitrogens with zero attached hydrogens (tertiary/aromatic N) is 1. The zero-order valence-corrected chi connectivity index (χ0v) is 11.9. The number of amides is 2. The van der Waals surface area contributed by atoms with Crippen LogP contribution < -0.4 is 5.32 Å². The van der Waals surface area contributed by atoms with Gasteiger partial charge in [-0.25, -0.2) is 0 Å². The number of hydrogen-bond donors (Lipinski definition) is 2. The molecule has 2 atom stereocenters. The Bertz CT molecular complexity index is 514. The number of carboxylic acids is 1. The normalized spacial score (nSPS) is 19.6. The second-order valence-electron chi connectivity index (χ2n) is 4.70. The van der Waals surface area contributed by atoms with E-state index in [-0.39, 0.29) is 5.91 Å². The van der Waals surface area contributed by atoms with Crippen LogP contribution in [-0.2, 0) is 9.59 Å². The van der Waals surface area contributed by atoms with Crippen molar-refractivity contribution in [1.82, 2.24) is 10.2 Å². The van der Waals surface area contributed by atoms with E-state index in [2.05, 4.69) is 5.32 Å². The van der Waals surface area contributed by atoms with Crippen LogP contribution in [0.1, 0.15) is 29.4 Å². The van der Waals surface area contributed by atoms with E-state index in [0.717, 1.165) is 6.42 Å². The van der Waals surface area contributed by atoms with Crippen LogP contribution in [0.5, 0.6) is 0 Å². The minimum absolute atomic E-state index is 0.166. The van der Waals surface area contributed by atoms with Crippen molar-refractivity contribution < 1.29 is 19.5 Å². The molecule has 2 rings (SSSR count). The summed E-state index contributed by atoms with van der Waals surface area (Å²) in [5.41, 5.74) is 0. The number of hydrogen-bond acceptors (Lipinski definition) is 4. The third-order valence-corrected chi connectivity index (χ3v) is 4.14. The molecular formula is C13H16N2O4S. The summed E-state index contributed by atoms with van der Waals surface area (Å²) in [6.45, 7) is 1.93. The fourth-order valence-electron chi connectivity index (χ4n) is 2.20. The molecule has 0 radical (unpaired) electrons. The predicted octanol–water partition coefficient (Wildman–Crippen LogP) is 0.942. The fourth-order valence-corrected chi connectivity index (χ4v) is 2.87. The van der Waals surface area contributed by atoms with E-state index in [1.165, 1.54) is 23.2 Å². The molecular weight excluding hydrogens is 280 g/mol. The average Bonchev–Trinajstić information content (AvgIpc) is 3.08. The average molecular weight is 296 g/mol. The van der Waals surface area contributed by atoms with E-state index < -0.39 is 24.0 Å². The summed E-state index contributed by atoms with van der Waals surface area (Å²) in [5, 5.41) is 13.0. The molecule has 1 aromatic rings. The molecule has 0 saturated carbocycles. The highest BCUT2D eigenvalue weighted by molar-refractivity contribution is 7.12. The largest absolute Gasteiger partial charge is 0.480 e. The molecule has 2 N–H and O–H groups in total. The van der Waals surface area contributed by atoms with Gasteiger partial charge in [-0.05, 0) is 31.2 Å². The first kappa shape index (κ1) is 14.5. The molecule has 108 valence electrons. The molecule has 0 spiro atoms. The highest BCUT2D eigenvalue weighted by Gasteiger charge is 2.35. The SMILES string of the molecule is C[C@@H](NC(=O)C1CCCN1C(=O)c1cccs1)C(=O)O. The predicted molar refractivity (Wildman–Crippen MR) is 73.6 cm³/mol. The maximum absolute atomic E-state index is 12.3. The smallest absolute Gasteiger partial charge is 0.325 e. The molecule has 1 aliphatic heterocycles. The van der Waals surface area contributed by atoms with Gasteiger partial charge in [-0.2, -0.15) is 0 Å². The lowest BCUT2D eigenvalue weighted by Crippen LogP contribution is -2.49. The molecule has 7 heteroatoms. The first-order valence-electron chi connectivity index (χ1n) is 6.38. The Hall–Kier alpha value is -1.89. The van der Waals surface area contributed by atoms with Gasteiger partial charge in [0.1, 0.15) is 12.1 Å². The molecule has 1 aliphatic rings. The van der Waals surface area contributed by atoms with Gasteiger partial charge in [0.15, 0.2) is 0 Å². The Kier molecular flexibility index (Phi) is 4.39. The van der Waals surface area contributed by atoms with Crippen LogP contribution in [0.4, 0.5) is 0 Å². The maximum atomic E-state index is 12.3. The lowest BCUT2D eigenvalue weighted by molar-refractivity contribution is -0.141. The molecule has 0 bridgehead atoms. The van der Waals surface area contributed by atoms with Crippen molar-refractivity contribution in [2.45, 2.75) is 31.8 Å². The summed E-state index contributed by atoms with van der Waals surface area (Å²) in [5.74, 6) is -1.66. The lowest BCUT2D eigenvalue weighted by atomic mass is 10.2. The molecule has 0 aromatic carbocycles. The summed E-state index contributed by atoms with van der Waals surface area (Å²) in [4.78, 5) is 37.2. The van der Waals surface area contributed by atoms with E-state index in [4.69, 9.17) is 5.11 Å². The van der Waals surface area contributed by atoms with Crippen LogP contribution in [-0.4, -0.2) is 46.4 Å². The third-order valence-electron chi connectivity index (χ3n) is 3.28. The lowest BCUT2D eigenvalue weighted by Gasteiger charge is -2.24. The molecule has 2 amide bonds. The topological polar surface area (TPSA) is 86.7 Å². The molecule has 1 aromatic heterocycles. The van der Waals surface area contributed by atoms with Crippen molar-refractivity contribution in [3.63, 3.8) is 0 Å². The number of likely N-dealkylation sites (tertiary alicyclic amines) is 1. The van der Waals surface area contributed by atoms with Crippen molar-refractivity contribution in [3.8, 4) is 0 Å². The van der Waals surface area contributed by atoms with Crippen LogP contribution in [0.3, 0.4) is 0 Å². The van der Waals surface area contributed by atoms with Gasteiger partial charge in [0.2, 0.25) is 5.91 Å². The van der Waals surface area contributed by atoms with Gasteiger partial charge in [-0.15, -0.1) is 11.3 Å². The van der Waals surface area contributed by atoms with Crippen molar-refractivity contribution in [2.75, 3.05) is 6.54 Å². The minimum atomic E-state index is -1.09. The number of nitrogens with one attached hydrogen (secondary N) is 1. The Morgan fingerprint density at radius 1 is 1.50 bits per heavy atom. The Labute approximate surface area is 120 Å². The van der Waals surface area contributed by atoms with Crippen LogP contribution >= 0.6 is 11.3 Å². The van der Waals surface area contributed by atoms with Crippen LogP contribution in [0.15, 0.2) is 17.5 Å². The van der Waals surface area contributed by atoms with Gasteiger partial charge in [0.25, 0.3) is 5.91 Å². The molecule has 1 fully saturated rings. The van der Waals surface area contributed by atoms with E-state index in [0.29, 0.717) is 17.8 Å². The quantitative estimate of drug-likeness (QED) is 0.866. The summed E-state index contributed by atoms with van der Waals surface area (Å²) in [7, 11) is 0. The molecule has 20 heavy (non-hydrogen) atoms. The zero-order chi connectivity index (χ0) is 14.7. The highest BCUT2D eigenvalue weighted by Crippen LogP contribution is 2.22. The van der Waals surface area contributed by atoms with Crippen LogP contribution in [0.25, 0.3) is 0 Å². The number of aliphatic carboxylic acids is 1. The standard InChI is InChI=1S/C13H16N2O4S/c1-8(13(18)19)14-11(16)9-4-2-6-15(9)12(17)10-5-3-7-20-10/h3,5,7-9H,2,4,6H2,1H3,(H,14,16)(H,18,19)/t8-,9?/m1/s1.